The maximum atomic E-state index is 5.87. The predicted molar refractivity (Wildman–Crippen MR) is 63.4 cm³/mol. The van der Waals surface area contributed by atoms with Crippen molar-refractivity contribution in [2.24, 2.45) is 5.73 Å². The highest BCUT2D eigenvalue weighted by Crippen LogP contribution is 2.21. The number of nitrogens with zero attached hydrogens (tertiary/aromatic N) is 1. The van der Waals surface area contributed by atoms with Crippen LogP contribution in [0, 0.1) is 0 Å². The Labute approximate surface area is 98.1 Å². The van der Waals surface area contributed by atoms with Crippen molar-refractivity contribution in [1.82, 2.24) is 4.90 Å². The van der Waals surface area contributed by atoms with Crippen molar-refractivity contribution in [3.8, 4) is 0 Å². The van der Waals surface area contributed by atoms with E-state index in [9.17, 15) is 0 Å². The van der Waals surface area contributed by atoms with Gasteiger partial charge in [-0.1, -0.05) is 6.92 Å². The highest BCUT2D eigenvalue weighted by Gasteiger charge is 2.25. The van der Waals surface area contributed by atoms with E-state index in [0.29, 0.717) is 12.1 Å². The lowest BCUT2D eigenvalue weighted by Crippen LogP contribution is -2.44. The van der Waals surface area contributed by atoms with Crippen molar-refractivity contribution in [1.29, 1.82) is 0 Å². The molecule has 1 aliphatic heterocycles. The number of morpholine rings is 1. The number of likely N-dealkylation sites (N-methyl/N-ethyl adjacent to an activating group) is 1. The summed E-state index contributed by atoms with van der Waals surface area (Å²) in [6.07, 6.45) is 3.87. The minimum atomic E-state index is 0.255. The Morgan fingerprint density at radius 1 is 1.44 bits per heavy atom. The molecule has 2 aliphatic rings. The lowest BCUT2D eigenvalue weighted by molar-refractivity contribution is -0.0829. The second kappa shape index (κ2) is 5.96. The van der Waals surface area contributed by atoms with Crippen molar-refractivity contribution in [2.75, 3.05) is 32.8 Å². The average molecular weight is 228 g/mol. The summed E-state index contributed by atoms with van der Waals surface area (Å²) in [5.41, 5.74) is 5.86. The first-order valence-electron chi connectivity index (χ1n) is 6.49. The topological polar surface area (TPSA) is 47.7 Å². The zero-order valence-corrected chi connectivity index (χ0v) is 10.2. The molecular formula is C12H24N2O2. The largest absolute Gasteiger partial charge is 0.375 e. The summed E-state index contributed by atoms with van der Waals surface area (Å²) in [6.45, 7) is 6.93. The van der Waals surface area contributed by atoms with Crippen molar-refractivity contribution in [3.05, 3.63) is 0 Å². The summed E-state index contributed by atoms with van der Waals surface area (Å²) >= 11 is 0. The van der Waals surface area contributed by atoms with Gasteiger partial charge in [0.2, 0.25) is 0 Å². The van der Waals surface area contributed by atoms with E-state index in [1.54, 1.807) is 0 Å². The molecule has 0 aromatic carbocycles. The van der Waals surface area contributed by atoms with Crippen molar-refractivity contribution < 1.29 is 9.47 Å². The van der Waals surface area contributed by atoms with E-state index in [2.05, 4.69) is 11.8 Å². The molecule has 1 aliphatic carbocycles. The highest BCUT2D eigenvalue weighted by molar-refractivity contribution is 4.79. The second-order valence-electron chi connectivity index (χ2n) is 4.91. The summed E-state index contributed by atoms with van der Waals surface area (Å²) in [5, 5.41) is 0. The van der Waals surface area contributed by atoms with Crippen molar-refractivity contribution >= 4 is 0 Å². The van der Waals surface area contributed by atoms with E-state index in [4.69, 9.17) is 15.2 Å². The van der Waals surface area contributed by atoms with Gasteiger partial charge in [-0.25, -0.2) is 0 Å². The van der Waals surface area contributed by atoms with Crippen LogP contribution in [0.2, 0.25) is 0 Å². The van der Waals surface area contributed by atoms with E-state index < -0.39 is 0 Å². The van der Waals surface area contributed by atoms with E-state index in [-0.39, 0.29) is 6.10 Å². The molecule has 2 N–H and O–H groups in total. The SMILES string of the molecule is CCN1CCOC(COC2CCC(N)C2)C1. The Hall–Kier alpha value is -0.160. The van der Waals surface area contributed by atoms with Crippen LogP contribution in [-0.2, 0) is 9.47 Å². The monoisotopic (exact) mass is 228 g/mol. The first kappa shape index (κ1) is 12.3. The lowest BCUT2D eigenvalue weighted by Gasteiger charge is -2.32. The predicted octanol–water partition coefficient (Wildman–Crippen LogP) is 0.604. The third-order valence-corrected chi connectivity index (χ3v) is 3.61. The Balaban J connectivity index is 1.65. The summed E-state index contributed by atoms with van der Waals surface area (Å²) in [5.74, 6) is 0. The van der Waals surface area contributed by atoms with Crippen LogP contribution in [0.4, 0.5) is 0 Å². The molecule has 4 nitrogen and oxygen atoms in total. The van der Waals surface area contributed by atoms with Gasteiger partial charge in [0, 0.05) is 19.1 Å². The summed E-state index contributed by atoms with van der Waals surface area (Å²) in [4.78, 5) is 2.41. The van der Waals surface area contributed by atoms with Crippen molar-refractivity contribution in [3.63, 3.8) is 0 Å². The van der Waals surface area contributed by atoms with E-state index >= 15 is 0 Å². The normalized spacial score (nSPS) is 36.8. The molecule has 0 spiro atoms. The van der Waals surface area contributed by atoms with Crippen LogP contribution >= 0.6 is 0 Å². The Kier molecular flexibility index (Phi) is 4.58. The van der Waals surface area contributed by atoms with Gasteiger partial charge >= 0.3 is 0 Å². The maximum Gasteiger partial charge on any atom is 0.0935 e. The molecule has 16 heavy (non-hydrogen) atoms. The van der Waals surface area contributed by atoms with Crippen LogP contribution in [0.5, 0.6) is 0 Å². The van der Waals surface area contributed by atoms with Gasteiger partial charge in [-0.15, -0.1) is 0 Å². The van der Waals surface area contributed by atoms with E-state index in [1.165, 1.54) is 0 Å². The molecular weight excluding hydrogens is 204 g/mol. The third kappa shape index (κ3) is 3.42. The maximum absolute atomic E-state index is 5.87. The van der Waals surface area contributed by atoms with E-state index in [1.807, 2.05) is 0 Å². The number of nitrogens with two attached hydrogens (primary N) is 1. The number of hydrogen-bond donors (Lipinski definition) is 1. The Morgan fingerprint density at radius 3 is 3.00 bits per heavy atom. The standard InChI is InChI=1S/C12H24N2O2/c1-2-14-5-6-15-12(8-14)9-16-11-4-3-10(13)7-11/h10-12H,2-9,13H2,1H3. The van der Waals surface area contributed by atoms with Gasteiger partial charge in [-0.3, -0.25) is 4.90 Å². The third-order valence-electron chi connectivity index (χ3n) is 3.61. The van der Waals surface area contributed by atoms with Gasteiger partial charge in [-0.05, 0) is 25.8 Å². The van der Waals surface area contributed by atoms with Gasteiger partial charge in [-0.2, -0.15) is 0 Å². The first-order valence-corrected chi connectivity index (χ1v) is 6.49. The van der Waals surface area contributed by atoms with Crippen LogP contribution in [0.1, 0.15) is 26.2 Å². The molecule has 0 radical (unpaired) electrons. The summed E-state index contributed by atoms with van der Waals surface area (Å²) in [6, 6.07) is 0.351. The molecule has 2 rings (SSSR count). The molecule has 3 atom stereocenters. The molecule has 1 heterocycles. The first-order chi connectivity index (χ1) is 7.78. The van der Waals surface area contributed by atoms with Gasteiger partial charge in [0.05, 0.1) is 25.4 Å². The van der Waals surface area contributed by atoms with Crippen LogP contribution in [0.3, 0.4) is 0 Å². The molecule has 0 aromatic rings. The zero-order chi connectivity index (χ0) is 11.4. The molecule has 3 unspecified atom stereocenters. The van der Waals surface area contributed by atoms with Crippen LogP contribution in [0.25, 0.3) is 0 Å². The van der Waals surface area contributed by atoms with Gasteiger partial charge in [0.1, 0.15) is 0 Å². The van der Waals surface area contributed by atoms with E-state index in [0.717, 1.165) is 52.1 Å². The minimum Gasteiger partial charge on any atom is -0.375 e. The zero-order valence-electron chi connectivity index (χ0n) is 10.2. The quantitative estimate of drug-likeness (QED) is 0.765. The highest BCUT2D eigenvalue weighted by atomic mass is 16.5. The fourth-order valence-corrected chi connectivity index (χ4v) is 2.54. The minimum absolute atomic E-state index is 0.255. The summed E-state index contributed by atoms with van der Waals surface area (Å²) < 4.78 is 11.6. The molecule has 1 saturated carbocycles. The van der Waals surface area contributed by atoms with Crippen LogP contribution in [-0.4, -0.2) is 56.0 Å². The number of hydrogen-bond acceptors (Lipinski definition) is 4. The molecule has 2 fully saturated rings. The van der Waals surface area contributed by atoms with Gasteiger partial charge in [0.15, 0.2) is 0 Å². The molecule has 4 heteroatoms. The second-order valence-corrected chi connectivity index (χ2v) is 4.91. The Bertz CT molecular complexity index is 213. The van der Waals surface area contributed by atoms with Crippen LogP contribution in [0.15, 0.2) is 0 Å². The van der Waals surface area contributed by atoms with Gasteiger partial charge < -0.3 is 15.2 Å². The fraction of sp³-hybridized carbons (Fsp3) is 1.00. The number of ether oxygens (including phenoxy) is 2. The Morgan fingerprint density at radius 2 is 2.31 bits per heavy atom. The smallest absolute Gasteiger partial charge is 0.0935 e. The molecule has 0 amide bonds. The summed E-state index contributed by atoms with van der Waals surface area (Å²) in [7, 11) is 0. The molecule has 0 bridgehead atoms. The average Bonchev–Trinajstić information content (AvgIpc) is 2.73. The van der Waals surface area contributed by atoms with Crippen LogP contribution < -0.4 is 5.73 Å². The molecule has 1 saturated heterocycles. The lowest BCUT2D eigenvalue weighted by atomic mass is 10.2. The molecule has 94 valence electrons. The number of rotatable bonds is 4. The van der Waals surface area contributed by atoms with Crippen molar-refractivity contribution in [2.45, 2.75) is 44.4 Å². The molecule has 0 aromatic heterocycles. The van der Waals surface area contributed by atoms with Gasteiger partial charge in [0.25, 0.3) is 0 Å². The fourth-order valence-electron chi connectivity index (χ4n) is 2.54.